The predicted molar refractivity (Wildman–Crippen MR) is 14.6 cm³/mol. The molecule has 0 bridgehead atoms. The van der Waals surface area contributed by atoms with Gasteiger partial charge in [0.2, 0.25) is 0 Å². The van der Waals surface area contributed by atoms with E-state index in [9.17, 15) is 0 Å². The van der Waals surface area contributed by atoms with E-state index in [0.29, 0.717) is 0 Å². The third-order valence-corrected chi connectivity index (χ3v) is 0. The van der Waals surface area contributed by atoms with Gasteiger partial charge in [0.15, 0.2) is 0 Å². The van der Waals surface area contributed by atoms with Crippen molar-refractivity contribution in [3.8, 4) is 0 Å². The van der Waals surface area contributed by atoms with Gasteiger partial charge in [-0.2, -0.15) is 0 Å². The van der Waals surface area contributed by atoms with Crippen molar-refractivity contribution < 1.29 is 69.1 Å². The van der Waals surface area contributed by atoms with E-state index in [1.165, 1.54) is 0 Å². The molecule has 1 radical (unpaired) electrons. The van der Waals surface area contributed by atoms with Crippen molar-refractivity contribution in [3.63, 3.8) is 0 Å². The zero-order chi connectivity index (χ0) is 4.50. The summed E-state index contributed by atoms with van der Waals surface area (Å²) in [7, 11) is -4.61. The second-order valence-corrected chi connectivity index (χ2v) is 1.80. The molecular formula is H4FrO4Si. The Hall–Kier alpha value is 1.65. The number of hydrogen-bond acceptors (Lipinski definition) is 4. The largest absolute Gasteiger partial charge is 0.668 e. The molecule has 0 aromatic carbocycles. The first kappa shape index (κ1) is 10.6. The molecule has 0 atom stereocenters. The van der Waals surface area contributed by atoms with Crippen LogP contribution in [-0.4, -0.2) is 28.2 Å². The van der Waals surface area contributed by atoms with Crippen LogP contribution in [0.1, 0.15) is 0 Å². The predicted octanol–water partition coefficient (Wildman–Crippen LogP) is -2.61. The fraction of sp³-hybridized carbons (Fsp3) is 0. The maximum absolute atomic E-state index is 7.33. The van der Waals surface area contributed by atoms with E-state index in [4.69, 9.17) is 19.2 Å². The van der Waals surface area contributed by atoms with E-state index in [2.05, 4.69) is 0 Å². The van der Waals surface area contributed by atoms with Gasteiger partial charge in [0.1, 0.15) is 0 Å². The summed E-state index contributed by atoms with van der Waals surface area (Å²) < 4.78 is 0. The summed E-state index contributed by atoms with van der Waals surface area (Å²) in [4.78, 5) is 29.3. The van der Waals surface area contributed by atoms with Crippen LogP contribution in [0.25, 0.3) is 0 Å². The molecule has 0 aromatic heterocycles. The second kappa shape index (κ2) is 3.63. The molecule has 6 heteroatoms. The molecule has 4 nitrogen and oxygen atoms in total. The van der Waals surface area contributed by atoms with Crippen LogP contribution in [0, 0.1) is 49.9 Å². The van der Waals surface area contributed by atoms with Gasteiger partial charge in [-0.1, -0.05) is 0 Å². The van der Waals surface area contributed by atoms with Crippen LogP contribution in [0.2, 0.25) is 0 Å². The molecule has 33 valence electrons. The summed E-state index contributed by atoms with van der Waals surface area (Å²) in [6.45, 7) is 0. The molecule has 0 aliphatic carbocycles. The molecule has 0 amide bonds. The molecular weight excluding hydrogens is 315 g/mol. The van der Waals surface area contributed by atoms with E-state index in [1.807, 2.05) is 0 Å². The normalized spacial score (nSPS) is 10.0. The molecule has 0 fully saturated rings. The molecule has 0 aliphatic rings. The summed E-state index contributed by atoms with van der Waals surface area (Å²) in [5.74, 6) is 0. The Morgan fingerprint density at radius 3 is 0.833 bits per heavy atom. The van der Waals surface area contributed by atoms with Crippen LogP contribution in [0.4, 0.5) is 0 Å². The van der Waals surface area contributed by atoms with E-state index in [-0.39, 0.29) is 49.9 Å². The maximum atomic E-state index is 7.33. The van der Waals surface area contributed by atoms with Crippen molar-refractivity contribution in [2.75, 3.05) is 0 Å². The Balaban J connectivity index is 0. The van der Waals surface area contributed by atoms with Gasteiger partial charge in [-0.3, -0.25) is 0 Å². The molecule has 0 spiro atoms. The topological polar surface area (TPSA) is 80.9 Å². The van der Waals surface area contributed by atoms with Crippen LogP contribution >= 0.6 is 0 Å². The van der Waals surface area contributed by atoms with Gasteiger partial charge >= 0.3 is 9.05 Å². The van der Waals surface area contributed by atoms with Crippen molar-refractivity contribution in [2.24, 2.45) is 0 Å². The Morgan fingerprint density at radius 2 is 0.833 bits per heavy atom. The quantitative estimate of drug-likeness (QED) is 0.369. The van der Waals surface area contributed by atoms with Crippen LogP contribution in [0.15, 0.2) is 0 Å². The molecule has 6 heavy (non-hydrogen) atoms. The molecule has 4 N–H and O–H groups in total. The summed E-state index contributed by atoms with van der Waals surface area (Å²) in [6, 6.07) is 0. The molecule has 0 saturated heterocycles. The third-order valence-electron chi connectivity index (χ3n) is 0. The van der Waals surface area contributed by atoms with Crippen molar-refractivity contribution >= 4 is 9.05 Å². The van der Waals surface area contributed by atoms with Gasteiger partial charge in [0, 0.05) is 49.9 Å². The van der Waals surface area contributed by atoms with Crippen LogP contribution < -0.4 is 0 Å². The van der Waals surface area contributed by atoms with E-state index in [1.54, 1.807) is 0 Å². The monoisotopic (exact) mass is 319 g/mol. The van der Waals surface area contributed by atoms with Crippen LogP contribution in [0.5, 0.6) is 0 Å². The first-order valence-electron chi connectivity index (χ1n) is 0.894. The Labute approximate surface area is 76.9 Å². The van der Waals surface area contributed by atoms with Gasteiger partial charge in [0.05, 0.1) is 0 Å². The number of hydrogen-bond donors (Lipinski definition) is 4. The molecule has 0 unspecified atom stereocenters. The van der Waals surface area contributed by atoms with Crippen LogP contribution in [-0.2, 0) is 0 Å². The van der Waals surface area contributed by atoms with Gasteiger partial charge in [-0.05, 0) is 0 Å². The second-order valence-electron chi connectivity index (χ2n) is 0.600. The van der Waals surface area contributed by atoms with Crippen molar-refractivity contribution in [2.45, 2.75) is 0 Å². The Kier molecular flexibility index (Phi) is 6.42. The van der Waals surface area contributed by atoms with Crippen molar-refractivity contribution in [1.82, 2.24) is 0 Å². The maximum Gasteiger partial charge on any atom is 0.668 e. The van der Waals surface area contributed by atoms with E-state index < -0.39 is 9.05 Å². The first-order chi connectivity index (χ1) is 2.00. The Morgan fingerprint density at radius 1 is 0.833 bits per heavy atom. The van der Waals surface area contributed by atoms with Gasteiger partial charge in [0.25, 0.3) is 0 Å². The zero-order valence-corrected chi connectivity index (χ0v) is 12.5. The third kappa shape index (κ3) is 44.8. The van der Waals surface area contributed by atoms with Gasteiger partial charge < -0.3 is 19.2 Å². The minimum atomic E-state index is -4.61. The van der Waals surface area contributed by atoms with Crippen molar-refractivity contribution in [1.29, 1.82) is 0 Å². The van der Waals surface area contributed by atoms with Gasteiger partial charge in [-0.25, -0.2) is 0 Å². The zero-order valence-electron chi connectivity index (χ0n) is 3.29. The minimum Gasteiger partial charge on any atom is -0.368 e. The average Bonchev–Trinajstić information content (AvgIpc) is 0.722. The average molecular weight is 319 g/mol. The Bertz CT molecular complexity index is 23.0. The summed E-state index contributed by atoms with van der Waals surface area (Å²) in [5.41, 5.74) is 0. The molecule has 0 heterocycles. The summed E-state index contributed by atoms with van der Waals surface area (Å²) in [5, 5.41) is 0. The summed E-state index contributed by atoms with van der Waals surface area (Å²) >= 11 is 0. The van der Waals surface area contributed by atoms with Crippen molar-refractivity contribution in [3.05, 3.63) is 0 Å². The fourth-order valence-electron chi connectivity index (χ4n) is 0. The number of rotatable bonds is 0. The molecule has 0 aromatic rings. The smallest absolute Gasteiger partial charge is 0.368 e. The summed E-state index contributed by atoms with van der Waals surface area (Å²) in [6.07, 6.45) is 0. The SMILES string of the molecule is O[Si](O)(O)O.[Fr]. The van der Waals surface area contributed by atoms with E-state index in [0.717, 1.165) is 0 Å². The molecule has 0 aliphatic heterocycles. The first-order valence-corrected chi connectivity index (χ1v) is 2.68. The van der Waals surface area contributed by atoms with Gasteiger partial charge in [-0.15, -0.1) is 0 Å². The fourth-order valence-corrected chi connectivity index (χ4v) is 0. The van der Waals surface area contributed by atoms with Crippen LogP contribution in [0.3, 0.4) is 0 Å². The standard InChI is InChI=1S/Fr.H4O4Si/c;1-5(2,3)4/h;1-4H. The molecule has 0 rings (SSSR count). The van der Waals surface area contributed by atoms with E-state index >= 15 is 0 Å². The minimum absolute atomic E-state index is 0. The molecule has 0 saturated carbocycles.